The summed E-state index contributed by atoms with van der Waals surface area (Å²) in [6.45, 7) is -0.211. The van der Waals surface area contributed by atoms with E-state index in [9.17, 15) is 4.79 Å². The van der Waals surface area contributed by atoms with Crippen molar-refractivity contribution in [1.29, 1.82) is 0 Å². The predicted octanol–water partition coefficient (Wildman–Crippen LogP) is 3.65. The number of amides is 1. The Morgan fingerprint density at radius 3 is 2.90 bits per heavy atom. The number of rotatable bonds is 2. The predicted molar refractivity (Wildman–Crippen MR) is 82.7 cm³/mol. The van der Waals surface area contributed by atoms with Gasteiger partial charge >= 0.3 is 0 Å². The summed E-state index contributed by atoms with van der Waals surface area (Å²) >= 11 is 13.2. The first-order valence-electron chi connectivity index (χ1n) is 5.55. The Morgan fingerprint density at radius 2 is 2.15 bits per heavy atom. The molecule has 1 aromatic carbocycles. The average molecular weight is 326 g/mol. The number of carbonyl (C=O) groups excluding carboxylic acids is 1. The highest BCUT2D eigenvalue weighted by molar-refractivity contribution is 7.10. The third-order valence-corrected chi connectivity index (χ3v) is 3.74. The van der Waals surface area contributed by atoms with Crippen LogP contribution in [0.15, 0.2) is 29.6 Å². The van der Waals surface area contributed by atoms with E-state index < -0.39 is 0 Å². The number of thiophene rings is 1. The van der Waals surface area contributed by atoms with Crippen LogP contribution in [0, 0.1) is 11.8 Å². The van der Waals surface area contributed by atoms with Crippen molar-refractivity contribution in [2.45, 2.75) is 0 Å². The minimum absolute atomic E-state index is 0.211. The maximum Gasteiger partial charge on any atom is 0.256 e. The Bertz CT molecular complexity index is 701. The van der Waals surface area contributed by atoms with Gasteiger partial charge in [0.1, 0.15) is 6.61 Å². The van der Waals surface area contributed by atoms with Gasteiger partial charge in [-0.25, -0.2) is 0 Å². The Labute approximate surface area is 130 Å². The highest BCUT2D eigenvalue weighted by Crippen LogP contribution is 2.26. The van der Waals surface area contributed by atoms with E-state index in [-0.39, 0.29) is 12.5 Å². The lowest BCUT2D eigenvalue weighted by Crippen LogP contribution is -2.11. The van der Waals surface area contributed by atoms with Crippen LogP contribution in [0.4, 0.5) is 5.69 Å². The fraction of sp³-hybridized carbons (Fsp3) is 0.0714. The molecule has 0 radical (unpaired) electrons. The first-order valence-corrected chi connectivity index (χ1v) is 7.18. The zero-order valence-corrected chi connectivity index (χ0v) is 12.4. The van der Waals surface area contributed by atoms with Gasteiger partial charge in [-0.05, 0) is 24.3 Å². The molecule has 20 heavy (non-hydrogen) atoms. The van der Waals surface area contributed by atoms with Gasteiger partial charge in [0.2, 0.25) is 0 Å². The highest BCUT2D eigenvalue weighted by atomic mass is 35.5. The smallest absolute Gasteiger partial charge is 0.256 e. The number of aliphatic hydroxyl groups excluding tert-OH is 1. The van der Waals surface area contributed by atoms with Crippen molar-refractivity contribution in [3.05, 3.63) is 50.1 Å². The summed E-state index contributed by atoms with van der Waals surface area (Å²) < 4.78 is 0. The molecule has 0 aliphatic carbocycles. The number of carbonyl (C=O) groups is 1. The zero-order chi connectivity index (χ0) is 14.5. The van der Waals surface area contributed by atoms with Crippen LogP contribution in [0.5, 0.6) is 0 Å². The van der Waals surface area contributed by atoms with E-state index in [1.165, 1.54) is 11.3 Å². The van der Waals surface area contributed by atoms with Gasteiger partial charge in [0.25, 0.3) is 5.91 Å². The highest BCUT2D eigenvalue weighted by Gasteiger charge is 2.10. The molecule has 0 fully saturated rings. The summed E-state index contributed by atoms with van der Waals surface area (Å²) in [6.07, 6.45) is 0. The van der Waals surface area contributed by atoms with Crippen LogP contribution in [0.3, 0.4) is 0 Å². The third-order valence-electron chi connectivity index (χ3n) is 2.33. The first-order chi connectivity index (χ1) is 9.60. The minimum Gasteiger partial charge on any atom is -0.384 e. The molecule has 0 spiro atoms. The minimum atomic E-state index is -0.289. The quantitative estimate of drug-likeness (QED) is 0.828. The molecule has 0 aliphatic rings. The molecular weight excluding hydrogens is 317 g/mol. The second-order valence-corrected chi connectivity index (χ2v) is 5.49. The van der Waals surface area contributed by atoms with Crippen molar-refractivity contribution in [3.8, 4) is 11.8 Å². The lowest BCUT2D eigenvalue weighted by atomic mass is 10.2. The number of halogens is 2. The first kappa shape index (κ1) is 14.9. The number of nitrogens with one attached hydrogen (secondary N) is 1. The van der Waals surface area contributed by atoms with Crippen molar-refractivity contribution in [2.75, 3.05) is 11.9 Å². The van der Waals surface area contributed by atoms with Gasteiger partial charge in [-0.15, -0.1) is 11.3 Å². The monoisotopic (exact) mass is 325 g/mol. The van der Waals surface area contributed by atoms with Crippen molar-refractivity contribution in [3.63, 3.8) is 0 Å². The second-order valence-electron chi connectivity index (χ2n) is 3.74. The fourth-order valence-electron chi connectivity index (χ4n) is 1.44. The van der Waals surface area contributed by atoms with Crippen LogP contribution in [0.25, 0.3) is 0 Å². The molecule has 0 bridgehead atoms. The SMILES string of the molecule is O=C(Nc1cc(Cl)ccc1Cl)c1csc(C#CCO)c1. The zero-order valence-electron chi connectivity index (χ0n) is 10.1. The maximum absolute atomic E-state index is 12.1. The Balaban J connectivity index is 2.15. The van der Waals surface area contributed by atoms with Crippen molar-refractivity contribution >= 4 is 46.1 Å². The van der Waals surface area contributed by atoms with Gasteiger partial charge in [-0.3, -0.25) is 4.79 Å². The number of hydrogen-bond donors (Lipinski definition) is 2. The molecule has 0 aliphatic heterocycles. The number of hydrogen-bond acceptors (Lipinski definition) is 3. The van der Waals surface area contributed by atoms with Gasteiger partial charge in [0.15, 0.2) is 0 Å². The standard InChI is InChI=1S/C14H9Cl2NO2S/c15-10-3-4-12(16)13(7-10)17-14(19)9-6-11(20-8-9)2-1-5-18/h3-4,6-8,18H,5H2,(H,17,19). The van der Waals surface area contributed by atoms with E-state index in [1.807, 2.05) is 0 Å². The number of anilines is 1. The van der Waals surface area contributed by atoms with E-state index >= 15 is 0 Å². The summed E-state index contributed by atoms with van der Waals surface area (Å²) in [6, 6.07) is 6.50. The van der Waals surface area contributed by atoms with Gasteiger partial charge in [0.05, 0.1) is 21.2 Å². The largest absolute Gasteiger partial charge is 0.384 e. The van der Waals surface area contributed by atoms with E-state index in [0.29, 0.717) is 26.2 Å². The van der Waals surface area contributed by atoms with Crippen LogP contribution < -0.4 is 5.32 Å². The average Bonchev–Trinajstić information content (AvgIpc) is 2.89. The van der Waals surface area contributed by atoms with Crippen LogP contribution >= 0.6 is 34.5 Å². The third kappa shape index (κ3) is 3.75. The summed E-state index contributed by atoms with van der Waals surface area (Å²) in [5, 5.41) is 13.9. The van der Waals surface area contributed by atoms with E-state index in [0.717, 1.165) is 0 Å². The maximum atomic E-state index is 12.1. The molecule has 1 amide bonds. The summed E-state index contributed by atoms with van der Waals surface area (Å²) in [5.41, 5.74) is 0.937. The normalized spacial score (nSPS) is 9.75. The number of benzene rings is 1. The Morgan fingerprint density at radius 1 is 1.35 bits per heavy atom. The molecule has 2 rings (SSSR count). The fourth-order valence-corrected chi connectivity index (χ4v) is 2.53. The van der Waals surface area contributed by atoms with Gasteiger partial charge in [-0.2, -0.15) is 0 Å². The van der Waals surface area contributed by atoms with Crippen molar-refractivity contribution in [1.82, 2.24) is 0 Å². The van der Waals surface area contributed by atoms with Crippen molar-refractivity contribution < 1.29 is 9.90 Å². The van der Waals surface area contributed by atoms with E-state index in [1.54, 1.807) is 29.6 Å². The second kappa shape index (κ2) is 6.78. The summed E-state index contributed by atoms with van der Waals surface area (Å²) in [4.78, 5) is 12.8. The molecule has 102 valence electrons. The molecule has 0 unspecified atom stereocenters. The van der Waals surface area contributed by atoms with Gasteiger partial charge < -0.3 is 10.4 Å². The summed E-state index contributed by atoms with van der Waals surface area (Å²) in [7, 11) is 0. The van der Waals surface area contributed by atoms with Gasteiger partial charge in [0, 0.05) is 10.4 Å². The topological polar surface area (TPSA) is 49.3 Å². The molecule has 1 heterocycles. The lowest BCUT2D eigenvalue weighted by molar-refractivity contribution is 0.102. The van der Waals surface area contributed by atoms with Crippen LogP contribution in [0.1, 0.15) is 15.2 Å². The molecule has 2 N–H and O–H groups in total. The molecule has 0 atom stereocenters. The van der Waals surface area contributed by atoms with Crippen LogP contribution in [-0.2, 0) is 0 Å². The molecule has 0 saturated carbocycles. The molecule has 6 heteroatoms. The molecule has 0 saturated heterocycles. The molecule has 2 aromatic rings. The van der Waals surface area contributed by atoms with E-state index in [2.05, 4.69) is 17.2 Å². The van der Waals surface area contributed by atoms with Crippen LogP contribution in [-0.4, -0.2) is 17.6 Å². The lowest BCUT2D eigenvalue weighted by Gasteiger charge is -2.06. The Kier molecular flexibility index (Phi) is 5.05. The molecule has 3 nitrogen and oxygen atoms in total. The Hall–Kier alpha value is -1.51. The summed E-state index contributed by atoms with van der Waals surface area (Å²) in [5.74, 6) is 4.98. The van der Waals surface area contributed by atoms with Gasteiger partial charge in [-0.1, -0.05) is 35.0 Å². The number of aliphatic hydroxyl groups is 1. The van der Waals surface area contributed by atoms with Crippen LogP contribution in [0.2, 0.25) is 10.0 Å². The molecular formula is C14H9Cl2NO2S. The van der Waals surface area contributed by atoms with Crippen molar-refractivity contribution in [2.24, 2.45) is 0 Å². The van der Waals surface area contributed by atoms with E-state index in [4.69, 9.17) is 28.3 Å². The molecule has 1 aromatic heterocycles.